The van der Waals surface area contributed by atoms with Gasteiger partial charge in [-0.05, 0) is 13.8 Å². The van der Waals surface area contributed by atoms with Crippen molar-refractivity contribution in [3.63, 3.8) is 0 Å². The van der Waals surface area contributed by atoms with E-state index in [1.165, 1.54) is 0 Å². The standard InChI is InChI=1S/C8H16N6O4/c1-3(11-7(17)13-5(9)15)4(2)12-8(18)14-6(10)16/h3-4H,1-2H3,(H4,9,11,13,15,17)(H4,10,12,14,16,18). The number of rotatable bonds is 3. The van der Waals surface area contributed by atoms with Crippen molar-refractivity contribution >= 4 is 24.1 Å². The van der Waals surface area contributed by atoms with E-state index < -0.39 is 36.2 Å². The Morgan fingerprint density at radius 3 is 1.28 bits per heavy atom. The molecule has 0 aliphatic carbocycles. The molecule has 0 fully saturated rings. The number of carbonyl (C=O) groups excluding carboxylic acids is 4. The van der Waals surface area contributed by atoms with Crippen LogP contribution in [0.4, 0.5) is 19.2 Å². The summed E-state index contributed by atoms with van der Waals surface area (Å²) in [4.78, 5) is 43.0. The molecule has 0 aromatic carbocycles. The van der Waals surface area contributed by atoms with Crippen LogP contribution in [-0.4, -0.2) is 36.2 Å². The van der Waals surface area contributed by atoms with Crippen molar-refractivity contribution < 1.29 is 19.2 Å². The Hall–Kier alpha value is -2.52. The average molecular weight is 260 g/mol. The summed E-state index contributed by atoms with van der Waals surface area (Å²) in [5.74, 6) is 0. The van der Waals surface area contributed by atoms with E-state index in [2.05, 4.69) is 10.6 Å². The minimum Gasteiger partial charge on any atom is -0.351 e. The summed E-state index contributed by atoms with van der Waals surface area (Å²) >= 11 is 0. The van der Waals surface area contributed by atoms with Crippen molar-refractivity contribution in [3.05, 3.63) is 0 Å². The van der Waals surface area contributed by atoms with E-state index in [4.69, 9.17) is 11.5 Å². The Bertz CT molecular complexity index is 323. The summed E-state index contributed by atoms with van der Waals surface area (Å²) in [6, 6.07) is -4.59. The molecule has 102 valence electrons. The quantitative estimate of drug-likeness (QED) is 0.364. The van der Waals surface area contributed by atoms with Crippen molar-refractivity contribution in [1.29, 1.82) is 0 Å². The monoisotopic (exact) mass is 260 g/mol. The maximum atomic E-state index is 11.1. The van der Waals surface area contributed by atoms with Crippen LogP contribution in [0.5, 0.6) is 0 Å². The van der Waals surface area contributed by atoms with Gasteiger partial charge in [0.05, 0.1) is 0 Å². The molecule has 2 atom stereocenters. The van der Waals surface area contributed by atoms with Crippen molar-refractivity contribution in [2.75, 3.05) is 0 Å². The molecule has 0 radical (unpaired) electrons. The van der Waals surface area contributed by atoms with Gasteiger partial charge in [0.2, 0.25) is 0 Å². The Morgan fingerprint density at radius 1 is 0.778 bits per heavy atom. The number of nitrogens with two attached hydrogens (primary N) is 2. The first kappa shape index (κ1) is 15.5. The van der Waals surface area contributed by atoms with Crippen LogP contribution < -0.4 is 32.7 Å². The zero-order valence-electron chi connectivity index (χ0n) is 9.94. The Balaban J connectivity index is 4.13. The largest absolute Gasteiger partial charge is 0.351 e. The predicted molar refractivity (Wildman–Crippen MR) is 61.4 cm³/mol. The molecular formula is C8H16N6O4. The number of hydrogen-bond acceptors (Lipinski definition) is 4. The molecule has 0 aliphatic heterocycles. The fourth-order valence-electron chi connectivity index (χ4n) is 0.960. The fraction of sp³-hybridized carbons (Fsp3) is 0.500. The first-order valence-electron chi connectivity index (χ1n) is 4.96. The highest BCUT2D eigenvalue weighted by Crippen LogP contribution is 1.91. The minimum atomic E-state index is -0.994. The molecule has 0 saturated carbocycles. The second-order valence-electron chi connectivity index (χ2n) is 3.50. The van der Waals surface area contributed by atoms with Crippen LogP contribution in [-0.2, 0) is 0 Å². The molecule has 0 rings (SSSR count). The van der Waals surface area contributed by atoms with Gasteiger partial charge >= 0.3 is 24.1 Å². The lowest BCUT2D eigenvalue weighted by atomic mass is 10.2. The molecule has 0 aliphatic rings. The van der Waals surface area contributed by atoms with E-state index in [1.54, 1.807) is 24.5 Å². The van der Waals surface area contributed by atoms with Gasteiger partial charge in [-0.3, -0.25) is 10.6 Å². The molecule has 0 aromatic rings. The molecule has 0 spiro atoms. The summed E-state index contributed by atoms with van der Waals surface area (Å²) in [5, 5.41) is 8.32. The van der Waals surface area contributed by atoms with Gasteiger partial charge in [0, 0.05) is 12.1 Å². The minimum absolute atomic E-state index is 0.511. The normalized spacial score (nSPS) is 12.8. The topological polar surface area (TPSA) is 168 Å². The highest BCUT2D eigenvalue weighted by atomic mass is 16.2. The Labute approximate surface area is 103 Å². The van der Waals surface area contributed by atoms with Gasteiger partial charge in [0.25, 0.3) is 0 Å². The molecule has 0 heterocycles. The van der Waals surface area contributed by atoms with Crippen LogP contribution in [0.3, 0.4) is 0 Å². The number of imide groups is 2. The van der Waals surface area contributed by atoms with Gasteiger partial charge < -0.3 is 22.1 Å². The first-order valence-corrected chi connectivity index (χ1v) is 4.96. The van der Waals surface area contributed by atoms with E-state index in [0.717, 1.165) is 0 Å². The summed E-state index contributed by atoms with van der Waals surface area (Å²) in [5.41, 5.74) is 9.48. The molecule has 18 heavy (non-hydrogen) atoms. The summed E-state index contributed by atoms with van der Waals surface area (Å²) in [6.45, 7) is 3.16. The lowest BCUT2D eigenvalue weighted by Crippen LogP contribution is -2.55. The van der Waals surface area contributed by atoms with E-state index >= 15 is 0 Å². The molecule has 8 N–H and O–H groups in total. The number of primary amides is 2. The molecular weight excluding hydrogens is 244 g/mol. The lowest BCUT2D eigenvalue weighted by Gasteiger charge is -2.22. The van der Waals surface area contributed by atoms with Gasteiger partial charge in [0.15, 0.2) is 0 Å². The van der Waals surface area contributed by atoms with Crippen LogP contribution in [0.15, 0.2) is 0 Å². The van der Waals surface area contributed by atoms with Crippen molar-refractivity contribution in [3.8, 4) is 0 Å². The van der Waals surface area contributed by atoms with E-state index in [-0.39, 0.29) is 0 Å². The fourth-order valence-corrected chi connectivity index (χ4v) is 0.960. The Morgan fingerprint density at radius 2 is 1.06 bits per heavy atom. The SMILES string of the molecule is CC(NC(=O)NC(N)=O)C(C)NC(=O)NC(N)=O. The third-order valence-electron chi connectivity index (χ3n) is 1.94. The average Bonchev–Trinajstić information content (AvgIpc) is 2.13. The van der Waals surface area contributed by atoms with Gasteiger partial charge in [-0.25, -0.2) is 19.2 Å². The number of urea groups is 4. The zero-order valence-corrected chi connectivity index (χ0v) is 9.94. The number of nitrogens with one attached hydrogen (secondary N) is 4. The summed E-state index contributed by atoms with van der Waals surface area (Å²) < 4.78 is 0. The molecule has 8 amide bonds. The number of hydrogen-bond donors (Lipinski definition) is 6. The predicted octanol–water partition coefficient (Wildman–Crippen LogP) is -1.48. The third kappa shape index (κ3) is 6.87. The molecule has 0 bridgehead atoms. The number of carbonyl (C=O) groups is 4. The van der Waals surface area contributed by atoms with E-state index in [9.17, 15) is 19.2 Å². The smallest absolute Gasteiger partial charge is 0.323 e. The van der Waals surface area contributed by atoms with E-state index in [1.807, 2.05) is 0 Å². The second-order valence-corrected chi connectivity index (χ2v) is 3.50. The molecule has 10 nitrogen and oxygen atoms in total. The zero-order chi connectivity index (χ0) is 14.3. The molecule has 10 heteroatoms. The maximum Gasteiger partial charge on any atom is 0.323 e. The highest BCUT2D eigenvalue weighted by molar-refractivity contribution is 5.93. The second kappa shape index (κ2) is 6.93. The van der Waals surface area contributed by atoms with Gasteiger partial charge in [-0.1, -0.05) is 0 Å². The third-order valence-corrected chi connectivity index (χ3v) is 1.94. The molecule has 0 saturated heterocycles. The summed E-state index contributed by atoms with van der Waals surface area (Å²) in [6.07, 6.45) is 0. The van der Waals surface area contributed by atoms with Crippen LogP contribution in [0.2, 0.25) is 0 Å². The highest BCUT2D eigenvalue weighted by Gasteiger charge is 2.17. The molecule has 2 unspecified atom stereocenters. The van der Waals surface area contributed by atoms with Gasteiger partial charge in [-0.15, -0.1) is 0 Å². The maximum absolute atomic E-state index is 11.1. The van der Waals surface area contributed by atoms with Crippen molar-refractivity contribution in [2.45, 2.75) is 25.9 Å². The lowest BCUT2D eigenvalue weighted by molar-refractivity contribution is 0.220. The van der Waals surface area contributed by atoms with Gasteiger partial charge in [-0.2, -0.15) is 0 Å². The van der Waals surface area contributed by atoms with Crippen LogP contribution in [0.1, 0.15) is 13.8 Å². The van der Waals surface area contributed by atoms with Gasteiger partial charge in [0.1, 0.15) is 0 Å². The van der Waals surface area contributed by atoms with Crippen molar-refractivity contribution in [2.24, 2.45) is 11.5 Å². The van der Waals surface area contributed by atoms with Crippen LogP contribution in [0.25, 0.3) is 0 Å². The van der Waals surface area contributed by atoms with Crippen molar-refractivity contribution in [1.82, 2.24) is 21.3 Å². The number of amides is 8. The molecule has 0 aromatic heterocycles. The first-order chi connectivity index (χ1) is 8.22. The van der Waals surface area contributed by atoms with Crippen LogP contribution in [0, 0.1) is 0 Å². The van der Waals surface area contributed by atoms with Crippen LogP contribution >= 0.6 is 0 Å². The Kier molecular flexibility index (Phi) is 5.96. The summed E-state index contributed by atoms with van der Waals surface area (Å²) in [7, 11) is 0. The van der Waals surface area contributed by atoms with E-state index in [0.29, 0.717) is 0 Å².